The lowest BCUT2D eigenvalue weighted by atomic mass is 9.86. The molecule has 0 saturated heterocycles. The molecule has 0 heterocycles. The first-order valence-electron chi connectivity index (χ1n) is 3.95. The van der Waals surface area contributed by atoms with Crippen molar-refractivity contribution in [3.63, 3.8) is 0 Å². The van der Waals surface area contributed by atoms with Gasteiger partial charge >= 0.3 is 0 Å². The molecule has 0 aliphatic heterocycles. The summed E-state index contributed by atoms with van der Waals surface area (Å²) in [5.41, 5.74) is 0. The number of hydrogen-bond acceptors (Lipinski definition) is 0. The van der Waals surface area contributed by atoms with Gasteiger partial charge in [0, 0.05) is 0 Å². The quantitative estimate of drug-likeness (QED) is 0.445. The van der Waals surface area contributed by atoms with Gasteiger partial charge in [0.15, 0.2) is 0 Å². The molecule has 4 saturated carbocycles. The van der Waals surface area contributed by atoms with Crippen molar-refractivity contribution in [2.24, 2.45) is 23.7 Å². The lowest BCUT2D eigenvalue weighted by Gasteiger charge is -2.20. The minimum atomic E-state index is 1.19. The molecule has 4 bridgehead atoms. The molecule has 2 atom stereocenters. The molecule has 4 fully saturated rings. The Morgan fingerprint density at radius 1 is 0.750 bits per heavy atom. The van der Waals surface area contributed by atoms with Crippen LogP contribution < -0.4 is 0 Å². The molecule has 4 aliphatic rings. The zero-order valence-corrected chi connectivity index (χ0v) is 5.14. The maximum absolute atomic E-state index is 1.62. The molecular weight excluding hydrogens is 96.1 g/mol. The molecule has 0 spiro atoms. The smallest absolute Gasteiger partial charge is 0.0349 e. The summed E-state index contributed by atoms with van der Waals surface area (Å²) in [5, 5.41) is 0. The second-order valence-corrected chi connectivity index (χ2v) is 3.91. The molecule has 0 aromatic carbocycles. The van der Waals surface area contributed by atoms with E-state index in [0.717, 1.165) is 0 Å². The highest BCUT2D eigenvalue weighted by Crippen LogP contribution is 2.66. The van der Waals surface area contributed by atoms with Gasteiger partial charge < -0.3 is 0 Å². The van der Waals surface area contributed by atoms with Gasteiger partial charge in [0.25, 0.3) is 0 Å². The maximum Gasteiger partial charge on any atom is -0.0349 e. The predicted molar refractivity (Wildman–Crippen MR) is 32.4 cm³/mol. The van der Waals surface area contributed by atoms with Gasteiger partial charge in [-0.3, -0.25) is 0 Å². The van der Waals surface area contributed by atoms with Gasteiger partial charge in [-0.05, 0) is 42.9 Å². The fourth-order valence-electron chi connectivity index (χ4n) is 3.18. The highest BCUT2D eigenvalue weighted by Gasteiger charge is 2.58. The Morgan fingerprint density at radius 3 is 1.75 bits per heavy atom. The third-order valence-electron chi connectivity index (χ3n) is 3.63. The fourth-order valence-corrected chi connectivity index (χ4v) is 3.18. The lowest BCUT2D eigenvalue weighted by Crippen LogP contribution is -2.08. The topological polar surface area (TPSA) is 0 Å². The molecule has 0 heteroatoms. The van der Waals surface area contributed by atoms with Crippen molar-refractivity contribution in [2.45, 2.75) is 25.7 Å². The summed E-state index contributed by atoms with van der Waals surface area (Å²) in [4.78, 5) is 0. The van der Waals surface area contributed by atoms with Crippen molar-refractivity contribution >= 4 is 0 Å². The maximum atomic E-state index is 1.62. The third-order valence-corrected chi connectivity index (χ3v) is 3.63. The second-order valence-electron chi connectivity index (χ2n) is 3.91. The average Bonchev–Trinajstić information content (AvgIpc) is 2.38. The first kappa shape index (κ1) is 3.92. The van der Waals surface area contributed by atoms with Gasteiger partial charge in [0.05, 0.1) is 0 Å². The van der Waals surface area contributed by atoms with Crippen LogP contribution in [0.25, 0.3) is 0 Å². The van der Waals surface area contributed by atoms with E-state index in [-0.39, 0.29) is 0 Å². The monoisotopic (exact) mass is 108 g/mol. The summed E-state index contributed by atoms with van der Waals surface area (Å²) in [7, 11) is 0. The van der Waals surface area contributed by atoms with Crippen LogP contribution >= 0.6 is 0 Å². The number of rotatable bonds is 0. The van der Waals surface area contributed by atoms with Crippen LogP contribution in [0.15, 0.2) is 0 Å². The van der Waals surface area contributed by atoms with Crippen LogP contribution in [0.4, 0.5) is 0 Å². The zero-order chi connectivity index (χ0) is 5.14. The summed E-state index contributed by atoms with van der Waals surface area (Å²) in [6.45, 7) is 0. The molecule has 4 rings (SSSR count). The molecule has 0 aromatic heterocycles. The Balaban J connectivity index is 1.99. The van der Waals surface area contributed by atoms with Gasteiger partial charge in [0.1, 0.15) is 0 Å². The van der Waals surface area contributed by atoms with Crippen LogP contribution in [0, 0.1) is 23.7 Å². The van der Waals surface area contributed by atoms with Crippen LogP contribution in [0.1, 0.15) is 25.7 Å². The lowest BCUT2D eigenvalue weighted by molar-refractivity contribution is 0.316. The van der Waals surface area contributed by atoms with Crippen LogP contribution in [0.3, 0.4) is 0 Å². The molecule has 8 heavy (non-hydrogen) atoms. The summed E-state index contributed by atoms with van der Waals surface area (Å²) in [5.74, 6) is 4.91. The molecule has 0 nitrogen and oxygen atoms in total. The van der Waals surface area contributed by atoms with Crippen molar-refractivity contribution in [2.75, 3.05) is 0 Å². The SMILES string of the molecule is C1CC2[C@@H]3CC1C[C@@H]23. The Morgan fingerprint density at radius 2 is 1.50 bits per heavy atom. The van der Waals surface area contributed by atoms with E-state index in [1.165, 1.54) is 23.7 Å². The molecule has 4 aliphatic carbocycles. The van der Waals surface area contributed by atoms with Gasteiger partial charge in [-0.25, -0.2) is 0 Å². The van der Waals surface area contributed by atoms with Gasteiger partial charge in [-0.1, -0.05) is 6.42 Å². The zero-order valence-electron chi connectivity index (χ0n) is 5.14. The Labute approximate surface area is 50.3 Å². The third kappa shape index (κ3) is 0.284. The highest BCUT2D eigenvalue weighted by atomic mass is 14.6. The second kappa shape index (κ2) is 0.984. The Bertz CT molecular complexity index is 107. The molecule has 0 radical (unpaired) electrons. The van der Waals surface area contributed by atoms with Gasteiger partial charge in [0.2, 0.25) is 0 Å². The first-order valence-corrected chi connectivity index (χ1v) is 3.95. The molecule has 0 aromatic rings. The molecule has 0 N–H and O–H groups in total. The van der Waals surface area contributed by atoms with Crippen LogP contribution in [0.5, 0.6) is 0 Å². The molecule has 0 amide bonds. The largest absolute Gasteiger partial charge is 0.0501 e. The number of fused-ring (bicyclic) bond motifs is 1. The molecule has 44 valence electrons. The van der Waals surface area contributed by atoms with E-state index in [1.807, 2.05) is 0 Å². The fraction of sp³-hybridized carbons (Fsp3) is 1.00. The number of hydrogen-bond donors (Lipinski definition) is 0. The van der Waals surface area contributed by atoms with Gasteiger partial charge in [-0.15, -0.1) is 0 Å². The van der Waals surface area contributed by atoms with Gasteiger partial charge in [-0.2, -0.15) is 0 Å². The van der Waals surface area contributed by atoms with E-state index in [2.05, 4.69) is 0 Å². The van der Waals surface area contributed by atoms with Crippen molar-refractivity contribution in [3.05, 3.63) is 0 Å². The minimum absolute atomic E-state index is 1.19. The van der Waals surface area contributed by atoms with E-state index < -0.39 is 0 Å². The minimum Gasteiger partial charge on any atom is -0.0501 e. The predicted octanol–water partition coefficient (Wildman–Crippen LogP) is 2.05. The van der Waals surface area contributed by atoms with Crippen LogP contribution in [-0.2, 0) is 0 Å². The Kier molecular flexibility index (Phi) is 0.482. The van der Waals surface area contributed by atoms with Crippen molar-refractivity contribution in [3.8, 4) is 0 Å². The van der Waals surface area contributed by atoms with E-state index in [4.69, 9.17) is 0 Å². The molecule has 0 unspecified atom stereocenters. The highest BCUT2D eigenvalue weighted by molar-refractivity contribution is 5.07. The summed E-state index contributed by atoms with van der Waals surface area (Å²) < 4.78 is 0. The van der Waals surface area contributed by atoms with Crippen molar-refractivity contribution < 1.29 is 0 Å². The van der Waals surface area contributed by atoms with Crippen LogP contribution in [0.2, 0.25) is 0 Å². The summed E-state index contributed by atoms with van der Waals surface area (Å²) in [6.07, 6.45) is 6.42. The average molecular weight is 108 g/mol. The van der Waals surface area contributed by atoms with E-state index >= 15 is 0 Å². The summed E-state index contributed by atoms with van der Waals surface area (Å²) >= 11 is 0. The Hall–Kier alpha value is 0. The van der Waals surface area contributed by atoms with Crippen LogP contribution in [-0.4, -0.2) is 0 Å². The summed E-state index contributed by atoms with van der Waals surface area (Å²) in [6, 6.07) is 0. The van der Waals surface area contributed by atoms with E-state index in [1.54, 1.807) is 25.7 Å². The first-order chi connectivity index (χ1) is 3.95. The van der Waals surface area contributed by atoms with Crippen molar-refractivity contribution in [1.29, 1.82) is 0 Å². The normalized spacial score (nSPS) is 66.0. The van der Waals surface area contributed by atoms with E-state index in [9.17, 15) is 0 Å². The molecular formula is C8H12. The standard InChI is InChI=1S/C8H12/c1-2-6-7-3-5(1)4-8(6)7/h5-8H,1-4H2/t5?,6?,7-,8-/m0/s1. The van der Waals surface area contributed by atoms with E-state index in [0.29, 0.717) is 0 Å². The van der Waals surface area contributed by atoms with Crippen molar-refractivity contribution in [1.82, 2.24) is 0 Å².